The van der Waals surface area contributed by atoms with Gasteiger partial charge in [-0.05, 0) is 37.0 Å². The van der Waals surface area contributed by atoms with Gasteiger partial charge >= 0.3 is 0 Å². The van der Waals surface area contributed by atoms with Gasteiger partial charge in [-0.1, -0.05) is 36.9 Å². The van der Waals surface area contributed by atoms with Gasteiger partial charge in [0.2, 0.25) is 11.6 Å². The smallest absolute Gasteiger partial charge is 0.229 e. The van der Waals surface area contributed by atoms with Gasteiger partial charge in [0.05, 0.1) is 6.20 Å². The molecule has 25 heavy (non-hydrogen) atoms. The molecule has 0 aliphatic heterocycles. The normalized spacial score (nSPS) is 15.4. The maximum Gasteiger partial charge on any atom is 0.229 e. The molecule has 2 aromatic heterocycles. The van der Waals surface area contributed by atoms with Crippen molar-refractivity contribution >= 4 is 34.4 Å². The van der Waals surface area contributed by atoms with Crippen LogP contribution in [0.25, 0.3) is 11.2 Å². The van der Waals surface area contributed by atoms with E-state index in [4.69, 9.17) is 16.4 Å². The van der Waals surface area contributed by atoms with Crippen molar-refractivity contribution in [3.05, 3.63) is 41.8 Å². The first kappa shape index (κ1) is 16.1. The first-order valence-corrected chi connectivity index (χ1v) is 9.02. The number of aromatic nitrogens is 4. The third-order valence-corrected chi connectivity index (χ3v) is 4.75. The highest BCUT2D eigenvalue weighted by molar-refractivity contribution is 6.30. The van der Waals surface area contributed by atoms with Gasteiger partial charge in [0.1, 0.15) is 18.5 Å². The van der Waals surface area contributed by atoms with Crippen LogP contribution < -0.4 is 10.2 Å². The molecular weight excluding hydrogens is 338 g/mol. The van der Waals surface area contributed by atoms with Crippen molar-refractivity contribution in [3.63, 3.8) is 0 Å². The van der Waals surface area contributed by atoms with Crippen LogP contribution in [0.4, 0.5) is 11.6 Å². The third kappa shape index (κ3) is 3.85. The molecular formula is C18H20ClN5O. The lowest BCUT2D eigenvalue weighted by Gasteiger charge is -2.21. The van der Waals surface area contributed by atoms with Crippen LogP contribution in [0.5, 0.6) is 0 Å². The van der Waals surface area contributed by atoms with E-state index in [1.54, 1.807) is 17.3 Å². The number of halogens is 1. The number of anilines is 2. The lowest BCUT2D eigenvalue weighted by atomic mass is 9.90. The molecule has 1 N–H and O–H groups in total. The van der Waals surface area contributed by atoms with E-state index in [0.717, 1.165) is 5.69 Å². The number of benzene rings is 1. The summed E-state index contributed by atoms with van der Waals surface area (Å²) in [7, 11) is 0. The molecule has 7 heteroatoms. The SMILES string of the molecule is Clc1cccc(Nc2ncc3ncn(OCC4CCCCC4)c3n2)c1. The van der Waals surface area contributed by atoms with Crippen LogP contribution in [0.15, 0.2) is 36.8 Å². The van der Waals surface area contributed by atoms with E-state index in [-0.39, 0.29) is 0 Å². The molecule has 0 radical (unpaired) electrons. The Kier molecular flexibility index (Phi) is 4.70. The zero-order valence-corrected chi connectivity index (χ0v) is 14.6. The Morgan fingerprint density at radius 3 is 2.92 bits per heavy atom. The highest BCUT2D eigenvalue weighted by atomic mass is 35.5. The van der Waals surface area contributed by atoms with Crippen LogP contribution in [-0.2, 0) is 0 Å². The van der Waals surface area contributed by atoms with Crippen molar-refractivity contribution < 1.29 is 4.84 Å². The summed E-state index contributed by atoms with van der Waals surface area (Å²) < 4.78 is 1.65. The second kappa shape index (κ2) is 7.27. The molecule has 130 valence electrons. The molecule has 1 fully saturated rings. The van der Waals surface area contributed by atoms with Crippen molar-refractivity contribution in [2.75, 3.05) is 11.9 Å². The molecule has 0 amide bonds. The molecule has 0 unspecified atom stereocenters. The molecule has 1 saturated carbocycles. The standard InChI is InChI=1S/C18H20ClN5O/c19-14-7-4-8-15(9-14)22-18-20-10-16-17(23-18)24(12-21-16)25-11-13-5-2-1-3-6-13/h4,7-10,12-13H,1-3,5-6,11H2,(H,20,22,23). The zero-order valence-electron chi connectivity index (χ0n) is 13.9. The molecule has 1 aromatic carbocycles. The molecule has 2 heterocycles. The van der Waals surface area contributed by atoms with Gasteiger partial charge in [-0.2, -0.15) is 9.71 Å². The summed E-state index contributed by atoms with van der Waals surface area (Å²) in [5.41, 5.74) is 2.21. The summed E-state index contributed by atoms with van der Waals surface area (Å²) in [5.74, 6) is 1.11. The molecule has 6 nitrogen and oxygen atoms in total. The highest BCUT2D eigenvalue weighted by Crippen LogP contribution is 2.23. The average Bonchev–Trinajstić information content (AvgIpc) is 3.03. The van der Waals surface area contributed by atoms with E-state index in [9.17, 15) is 0 Å². The van der Waals surface area contributed by atoms with Crippen LogP contribution in [0.2, 0.25) is 5.02 Å². The van der Waals surface area contributed by atoms with E-state index in [0.29, 0.717) is 34.7 Å². The number of hydrogen-bond acceptors (Lipinski definition) is 5. The minimum atomic E-state index is 0.484. The number of fused-ring (bicyclic) bond motifs is 1. The topological polar surface area (TPSA) is 64.9 Å². The van der Waals surface area contributed by atoms with Crippen LogP contribution in [-0.4, -0.2) is 26.3 Å². The summed E-state index contributed by atoms with van der Waals surface area (Å²) in [6, 6.07) is 7.44. The molecule has 0 saturated heterocycles. The van der Waals surface area contributed by atoms with Crippen molar-refractivity contribution in [1.82, 2.24) is 19.7 Å². The van der Waals surface area contributed by atoms with E-state index in [1.807, 2.05) is 24.3 Å². The van der Waals surface area contributed by atoms with Crippen molar-refractivity contribution in [1.29, 1.82) is 0 Å². The van der Waals surface area contributed by atoms with Crippen LogP contribution in [0.1, 0.15) is 32.1 Å². The summed E-state index contributed by atoms with van der Waals surface area (Å²) in [6.45, 7) is 0.701. The lowest BCUT2D eigenvalue weighted by Crippen LogP contribution is -2.21. The van der Waals surface area contributed by atoms with Gasteiger partial charge in [-0.3, -0.25) is 0 Å². The molecule has 0 spiro atoms. The molecule has 4 rings (SSSR count). The van der Waals surface area contributed by atoms with Crippen molar-refractivity contribution in [3.8, 4) is 0 Å². The Morgan fingerprint density at radius 2 is 2.08 bits per heavy atom. The second-order valence-electron chi connectivity index (χ2n) is 6.41. The van der Waals surface area contributed by atoms with Crippen LogP contribution >= 0.6 is 11.6 Å². The number of hydrogen-bond donors (Lipinski definition) is 1. The van der Waals surface area contributed by atoms with E-state index < -0.39 is 0 Å². The van der Waals surface area contributed by atoms with E-state index in [1.165, 1.54) is 32.1 Å². The number of nitrogens with zero attached hydrogens (tertiary/aromatic N) is 4. The molecule has 0 bridgehead atoms. The second-order valence-corrected chi connectivity index (χ2v) is 6.84. The fraction of sp³-hybridized carbons (Fsp3) is 0.389. The van der Waals surface area contributed by atoms with Gasteiger partial charge in [0.25, 0.3) is 0 Å². The maximum atomic E-state index is 6.01. The zero-order chi connectivity index (χ0) is 17.1. The van der Waals surface area contributed by atoms with E-state index in [2.05, 4.69) is 20.3 Å². The van der Waals surface area contributed by atoms with Gasteiger partial charge in [-0.15, -0.1) is 0 Å². The predicted octanol–water partition coefficient (Wildman–Crippen LogP) is 4.23. The highest BCUT2D eigenvalue weighted by Gasteiger charge is 2.15. The average molecular weight is 358 g/mol. The Balaban J connectivity index is 1.50. The number of imidazole rings is 1. The van der Waals surface area contributed by atoms with Gasteiger partial charge in [0.15, 0.2) is 0 Å². The Hall–Kier alpha value is -2.34. The van der Waals surface area contributed by atoms with Crippen LogP contribution in [0, 0.1) is 5.92 Å². The van der Waals surface area contributed by atoms with Gasteiger partial charge in [-0.25, -0.2) is 9.97 Å². The third-order valence-electron chi connectivity index (χ3n) is 4.52. The minimum absolute atomic E-state index is 0.484. The Bertz CT molecular complexity index is 860. The summed E-state index contributed by atoms with van der Waals surface area (Å²) >= 11 is 6.01. The fourth-order valence-electron chi connectivity index (χ4n) is 3.18. The van der Waals surface area contributed by atoms with Gasteiger partial charge < -0.3 is 10.2 Å². The first-order chi connectivity index (χ1) is 12.3. The molecule has 1 aliphatic rings. The Morgan fingerprint density at radius 1 is 1.20 bits per heavy atom. The quantitative estimate of drug-likeness (QED) is 0.740. The largest absolute Gasteiger partial charge is 0.411 e. The first-order valence-electron chi connectivity index (χ1n) is 8.64. The minimum Gasteiger partial charge on any atom is -0.411 e. The molecule has 3 aromatic rings. The monoisotopic (exact) mass is 357 g/mol. The van der Waals surface area contributed by atoms with E-state index >= 15 is 0 Å². The van der Waals surface area contributed by atoms with Crippen molar-refractivity contribution in [2.45, 2.75) is 32.1 Å². The van der Waals surface area contributed by atoms with Gasteiger partial charge in [0, 0.05) is 10.7 Å². The maximum absolute atomic E-state index is 6.01. The summed E-state index contributed by atoms with van der Waals surface area (Å²) in [4.78, 5) is 19.1. The Labute approximate surface area is 151 Å². The number of nitrogens with one attached hydrogen (secondary N) is 1. The molecule has 0 atom stereocenters. The fourth-order valence-corrected chi connectivity index (χ4v) is 3.37. The predicted molar refractivity (Wildman–Crippen MR) is 98.1 cm³/mol. The lowest BCUT2D eigenvalue weighted by molar-refractivity contribution is 0.0740. The van der Waals surface area contributed by atoms with Crippen molar-refractivity contribution in [2.24, 2.45) is 5.92 Å². The summed E-state index contributed by atoms with van der Waals surface area (Å²) in [6.07, 6.45) is 9.77. The molecule has 1 aliphatic carbocycles. The van der Waals surface area contributed by atoms with Crippen LogP contribution in [0.3, 0.4) is 0 Å². The number of rotatable bonds is 5. The summed E-state index contributed by atoms with van der Waals surface area (Å²) in [5, 5.41) is 3.82.